The largest absolute Gasteiger partial charge is 0.356 e. The molecule has 0 radical (unpaired) electrons. The number of aromatic nitrogens is 3. The highest BCUT2D eigenvalue weighted by Gasteiger charge is 2.26. The van der Waals surface area contributed by atoms with Gasteiger partial charge in [-0.3, -0.25) is 14.3 Å². The Balaban J connectivity index is 1.77. The zero-order valence-electron chi connectivity index (χ0n) is 14.4. The second kappa shape index (κ2) is 6.40. The molecule has 1 aromatic carbocycles. The van der Waals surface area contributed by atoms with Crippen LogP contribution in [0.4, 0.5) is 4.39 Å². The molecule has 4 rings (SSSR count). The Kier molecular flexibility index (Phi) is 4.06. The van der Waals surface area contributed by atoms with Crippen molar-refractivity contribution in [3.63, 3.8) is 0 Å². The first-order valence-electron chi connectivity index (χ1n) is 8.75. The number of aryl methyl sites for hydroxylation is 1. The molecule has 0 bridgehead atoms. The van der Waals surface area contributed by atoms with Crippen molar-refractivity contribution in [2.24, 2.45) is 0 Å². The SMILES string of the molecule is CCn1ncc2c(F)cc(-c3ccc(C4CCCNC4=O)c(=O)[nH]3)cc21. The van der Waals surface area contributed by atoms with E-state index in [0.29, 0.717) is 47.2 Å². The smallest absolute Gasteiger partial charge is 0.252 e. The summed E-state index contributed by atoms with van der Waals surface area (Å²) in [6.07, 6.45) is 3.01. The van der Waals surface area contributed by atoms with E-state index in [4.69, 9.17) is 0 Å². The van der Waals surface area contributed by atoms with Crippen molar-refractivity contribution in [1.82, 2.24) is 20.1 Å². The van der Waals surface area contributed by atoms with Crippen LogP contribution in [0, 0.1) is 5.82 Å². The van der Waals surface area contributed by atoms with Gasteiger partial charge < -0.3 is 10.3 Å². The van der Waals surface area contributed by atoms with Crippen LogP contribution in [-0.4, -0.2) is 27.2 Å². The summed E-state index contributed by atoms with van der Waals surface area (Å²) < 4.78 is 16.1. The number of piperidine rings is 1. The summed E-state index contributed by atoms with van der Waals surface area (Å²) in [6.45, 7) is 3.21. The van der Waals surface area contributed by atoms with Crippen LogP contribution in [0.5, 0.6) is 0 Å². The fourth-order valence-corrected chi connectivity index (χ4v) is 3.54. The third-order valence-corrected chi connectivity index (χ3v) is 4.92. The van der Waals surface area contributed by atoms with Gasteiger partial charge in [0.25, 0.3) is 5.56 Å². The Morgan fingerprint density at radius 3 is 2.88 bits per heavy atom. The lowest BCUT2D eigenvalue weighted by Gasteiger charge is -2.21. The predicted molar refractivity (Wildman–Crippen MR) is 96.4 cm³/mol. The molecule has 1 amide bonds. The van der Waals surface area contributed by atoms with Crippen LogP contribution in [0.25, 0.3) is 22.2 Å². The van der Waals surface area contributed by atoms with Crippen molar-refractivity contribution in [3.8, 4) is 11.3 Å². The number of fused-ring (bicyclic) bond motifs is 1. The van der Waals surface area contributed by atoms with Gasteiger partial charge in [0, 0.05) is 29.9 Å². The first-order chi connectivity index (χ1) is 12.6. The molecular weight excluding hydrogens is 335 g/mol. The quantitative estimate of drug-likeness (QED) is 0.759. The summed E-state index contributed by atoms with van der Waals surface area (Å²) in [7, 11) is 0. The van der Waals surface area contributed by atoms with E-state index in [9.17, 15) is 14.0 Å². The van der Waals surface area contributed by atoms with Gasteiger partial charge in [-0.1, -0.05) is 6.07 Å². The molecule has 2 aromatic heterocycles. The van der Waals surface area contributed by atoms with Crippen molar-refractivity contribution in [1.29, 1.82) is 0 Å². The molecule has 1 unspecified atom stereocenters. The zero-order valence-corrected chi connectivity index (χ0v) is 14.4. The fourth-order valence-electron chi connectivity index (χ4n) is 3.54. The summed E-state index contributed by atoms with van der Waals surface area (Å²) in [5.41, 5.74) is 1.90. The summed E-state index contributed by atoms with van der Waals surface area (Å²) in [6, 6.07) is 6.60. The number of amides is 1. The minimum atomic E-state index is -0.428. The molecule has 1 atom stereocenters. The van der Waals surface area contributed by atoms with Gasteiger partial charge in [-0.15, -0.1) is 0 Å². The number of benzene rings is 1. The molecular formula is C19H19FN4O2. The van der Waals surface area contributed by atoms with E-state index >= 15 is 0 Å². The lowest BCUT2D eigenvalue weighted by Crippen LogP contribution is -2.37. The number of nitrogens with zero attached hydrogens (tertiary/aromatic N) is 2. The molecule has 1 fully saturated rings. The number of rotatable bonds is 3. The standard InChI is InChI=1S/C19H19FN4O2/c1-2-24-17-9-11(8-15(20)14(17)10-22-24)16-6-5-13(19(26)23-16)12-4-3-7-21-18(12)25/h5-6,8-10,12H,2-4,7H2,1H3,(H,21,25)(H,23,26). The van der Waals surface area contributed by atoms with Gasteiger partial charge >= 0.3 is 0 Å². The molecule has 0 saturated carbocycles. The predicted octanol–water partition coefficient (Wildman–Crippen LogP) is 2.54. The summed E-state index contributed by atoms with van der Waals surface area (Å²) >= 11 is 0. The highest BCUT2D eigenvalue weighted by Crippen LogP contribution is 2.27. The number of carbonyl (C=O) groups is 1. The lowest BCUT2D eigenvalue weighted by molar-refractivity contribution is -0.123. The maximum atomic E-state index is 14.4. The second-order valence-corrected chi connectivity index (χ2v) is 6.49. The normalized spacial score (nSPS) is 17.5. The van der Waals surface area contributed by atoms with Crippen LogP contribution in [0.2, 0.25) is 0 Å². The van der Waals surface area contributed by atoms with Gasteiger partial charge in [0.2, 0.25) is 5.91 Å². The van der Waals surface area contributed by atoms with Crippen molar-refractivity contribution in [2.45, 2.75) is 32.2 Å². The van der Waals surface area contributed by atoms with E-state index in [1.54, 1.807) is 16.8 Å². The van der Waals surface area contributed by atoms with Crippen LogP contribution in [0.3, 0.4) is 0 Å². The third kappa shape index (κ3) is 2.69. The van der Waals surface area contributed by atoms with Crippen molar-refractivity contribution >= 4 is 16.8 Å². The Morgan fingerprint density at radius 2 is 2.15 bits per heavy atom. The van der Waals surface area contributed by atoms with Crippen LogP contribution in [-0.2, 0) is 11.3 Å². The number of hydrogen-bond donors (Lipinski definition) is 2. The van der Waals surface area contributed by atoms with Crippen LogP contribution in [0.15, 0.2) is 35.3 Å². The number of aromatic amines is 1. The van der Waals surface area contributed by atoms with E-state index < -0.39 is 5.92 Å². The number of halogens is 1. The number of carbonyl (C=O) groups excluding carboxylic acids is 1. The zero-order chi connectivity index (χ0) is 18.3. The lowest BCUT2D eigenvalue weighted by atomic mass is 9.91. The van der Waals surface area contributed by atoms with Gasteiger partial charge in [0.05, 0.1) is 23.0 Å². The molecule has 7 heteroatoms. The molecule has 2 N–H and O–H groups in total. The molecule has 0 spiro atoms. The minimum absolute atomic E-state index is 0.117. The Hall–Kier alpha value is -2.96. The molecule has 1 saturated heterocycles. The molecule has 3 aromatic rings. The average molecular weight is 354 g/mol. The van der Waals surface area contributed by atoms with E-state index in [-0.39, 0.29) is 17.3 Å². The van der Waals surface area contributed by atoms with Crippen LogP contribution in [0.1, 0.15) is 31.2 Å². The Labute approximate surface area is 149 Å². The molecule has 6 nitrogen and oxygen atoms in total. The maximum Gasteiger partial charge on any atom is 0.252 e. The van der Waals surface area contributed by atoms with Gasteiger partial charge in [-0.25, -0.2) is 4.39 Å². The van der Waals surface area contributed by atoms with Gasteiger partial charge in [-0.2, -0.15) is 5.10 Å². The highest BCUT2D eigenvalue weighted by atomic mass is 19.1. The Morgan fingerprint density at radius 1 is 1.31 bits per heavy atom. The van der Waals surface area contributed by atoms with Crippen molar-refractivity contribution in [3.05, 3.63) is 52.2 Å². The topological polar surface area (TPSA) is 79.8 Å². The molecule has 26 heavy (non-hydrogen) atoms. The van der Waals surface area contributed by atoms with Gasteiger partial charge in [-0.05, 0) is 38.0 Å². The van der Waals surface area contributed by atoms with Gasteiger partial charge in [0.1, 0.15) is 5.82 Å². The number of hydrogen-bond acceptors (Lipinski definition) is 3. The Bertz CT molecular complexity index is 1050. The fraction of sp³-hybridized carbons (Fsp3) is 0.316. The molecule has 1 aliphatic rings. The van der Waals surface area contributed by atoms with Crippen LogP contribution < -0.4 is 10.9 Å². The van der Waals surface area contributed by atoms with E-state index in [1.165, 1.54) is 12.3 Å². The molecule has 3 heterocycles. The molecule has 0 aliphatic carbocycles. The minimum Gasteiger partial charge on any atom is -0.356 e. The van der Waals surface area contributed by atoms with Crippen molar-refractivity contribution < 1.29 is 9.18 Å². The van der Waals surface area contributed by atoms with E-state index in [2.05, 4.69) is 15.4 Å². The maximum absolute atomic E-state index is 14.4. The van der Waals surface area contributed by atoms with Crippen LogP contribution >= 0.6 is 0 Å². The highest BCUT2D eigenvalue weighted by molar-refractivity contribution is 5.85. The van der Waals surface area contributed by atoms with Crippen molar-refractivity contribution in [2.75, 3.05) is 6.54 Å². The first kappa shape index (κ1) is 16.5. The number of H-pyrrole nitrogens is 1. The van der Waals surface area contributed by atoms with E-state index in [1.807, 2.05) is 13.0 Å². The first-order valence-corrected chi connectivity index (χ1v) is 8.75. The number of nitrogens with one attached hydrogen (secondary N) is 2. The second-order valence-electron chi connectivity index (χ2n) is 6.49. The monoisotopic (exact) mass is 354 g/mol. The average Bonchev–Trinajstić information content (AvgIpc) is 3.06. The molecule has 134 valence electrons. The molecule has 1 aliphatic heterocycles. The third-order valence-electron chi connectivity index (χ3n) is 4.92. The summed E-state index contributed by atoms with van der Waals surface area (Å²) in [5, 5.41) is 7.41. The van der Waals surface area contributed by atoms with Gasteiger partial charge in [0.15, 0.2) is 0 Å². The van der Waals surface area contributed by atoms with E-state index in [0.717, 1.165) is 6.42 Å². The summed E-state index contributed by atoms with van der Waals surface area (Å²) in [4.78, 5) is 27.3. The number of pyridine rings is 1. The summed E-state index contributed by atoms with van der Waals surface area (Å²) in [5.74, 6) is -0.926.